The summed E-state index contributed by atoms with van der Waals surface area (Å²) in [5.74, 6) is -0.605. The van der Waals surface area contributed by atoms with E-state index >= 15 is 0 Å². The molecule has 0 amide bonds. The number of rotatable bonds is 11. The fraction of sp³-hybridized carbons (Fsp3) is 0.259. The maximum absolute atomic E-state index is 12.1. The number of benzene rings is 2. The SMILES string of the molecule is CC(C/C(O)=C/C(=O)c1ccccc1)=NC[C@H](C)N=C(C)C/C(O)=C/C(=O)c1ccccc1.[Fe]. The number of aliphatic hydroxyl groups is 2. The summed E-state index contributed by atoms with van der Waals surface area (Å²) in [5, 5.41) is 20.2. The molecule has 2 aromatic carbocycles. The van der Waals surface area contributed by atoms with Crippen molar-refractivity contribution < 1.29 is 36.9 Å². The molecule has 34 heavy (non-hydrogen) atoms. The van der Waals surface area contributed by atoms with Crippen molar-refractivity contribution in [1.29, 1.82) is 0 Å². The van der Waals surface area contributed by atoms with Crippen molar-refractivity contribution in [2.24, 2.45) is 9.98 Å². The van der Waals surface area contributed by atoms with Crippen LogP contribution in [0.1, 0.15) is 54.3 Å². The number of hydrogen-bond donors (Lipinski definition) is 2. The average Bonchev–Trinajstić information content (AvgIpc) is 2.78. The summed E-state index contributed by atoms with van der Waals surface area (Å²) < 4.78 is 0. The van der Waals surface area contributed by atoms with Crippen molar-refractivity contribution in [3.63, 3.8) is 0 Å². The number of carbonyl (C=O) groups is 2. The molecule has 7 heteroatoms. The quantitative estimate of drug-likeness (QED) is 0.135. The molecular formula is C27H30FeN2O4. The Labute approximate surface area is 211 Å². The smallest absolute Gasteiger partial charge is 0.189 e. The van der Waals surface area contributed by atoms with Crippen LogP contribution in [0.15, 0.2) is 94.3 Å². The second-order valence-corrected chi connectivity index (χ2v) is 7.87. The van der Waals surface area contributed by atoms with Crippen molar-refractivity contribution in [1.82, 2.24) is 0 Å². The van der Waals surface area contributed by atoms with Gasteiger partial charge in [0.25, 0.3) is 0 Å². The van der Waals surface area contributed by atoms with Crippen LogP contribution >= 0.6 is 0 Å². The molecule has 0 radical (unpaired) electrons. The molecule has 2 aromatic rings. The van der Waals surface area contributed by atoms with Gasteiger partial charge >= 0.3 is 0 Å². The van der Waals surface area contributed by atoms with Gasteiger partial charge in [-0.25, -0.2) is 0 Å². The van der Waals surface area contributed by atoms with Gasteiger partial charge in [-0.1, -0.05) is 60.7 Å². The van der Waals surface area contributed by atoms with Crippen LogP contribution in [0.3, 0.4) is 0 Å². The number of aliphatic hydroxyl groups excluding tert-OH is 2. The van der Waals surface area contributed by atoms with Crippen LogP contribution in [0, 0.1) is 0 Å². The predicted molar refractivity (Wildman–Crippen MR) is 133 cm³/mol. The third-order valence-corrected chi connectivity index (χ3v) is 4.65. The van der Waals surface area contributed by atoms with Gasteiger partial charge < -0.3 is 10.2 Å². The molecule has 0 aliphatic rings. The van der Waals surface area contributed by atoms with Crippen LogP contribution in [-0.2, 0) is 17.1 Å². The summed E-state index contributed by atoms with van der Waals surface area (Å²) in [6.07, 6.45) is 2.79. The molecule has 0 unspecified atom stereocenters. The molecule has 2 N–H and O–H groups in total. The van der Waals surface area contributed by atoms with Crippen LogP contribution in [0.4, 0.5) is 0 Å². The zero-order chi connectivity index (χ0) is 24.2. The van der Waals surface area contributed by atoms with Gasteiger partial charge in [0.2, 0.25) is 0 Å². The summed E-state index contributed by atoms with van der Waals surface area (Å²) in [5.41, 5.74) is 2.39. The standard InChI is InChI=1S/C27H30N2O4.Fe/c1-19(14-24(30)16-26(32)22-10-6-4-7-11-22)28-18-21(3)29-20(2)15-25(31)17-27(33)23-12-8-5-9-13-23;/h4-13,16-17,21,30-31H,14-15,18H2,1-3H3;/b24-16-,25-17-,28-19?,29-20?;/t21-;/m0./s1. The first-order chi connectivity index (χ1) is 15.7. The maximum atomic E-state index is 12.1. The predicted octanol–water partition coefficient (Wildman–Crippen LogP) is 5.72. The van der Waals surface area contributed by atoms with Gasteiger partial charge in [0, 0.05) is 64.6 Å². The minimum absolute atomic E-state index is 0. The molecule has 0 saturated carbocycles. The van der Waals surface area contributed by atoms with E-state index in [2.05, 4.69) is 9.98 Å². The Morgan fingerprint density at radius 2 is 1.21 bits per heavy atom. The van der Waals surface area contributed by atoms with Gasteiger partial charge in [0.1, 0.15) is 11.5 Å². The van der Waals surface area contributed by atoms with Crippen LogP contribution in [0.2, 0.25) is 0 Å². The number of hydrogen-bond acceptors (Lipinski definition) is 6. The summed E-state index contributed by atoms with van der Waals surface area (Å²) in [6.45, 7) is 5.86. The molecule has 0 heterocycles. The topological polar surface area (TPSA) is 99.3 Å². The van der Waals surface area contributed by atoms with Crippen molar-refractivity contribution in [2.75, 3.05) is 6.54 Å². The Morgan fingerprint density at radius 1 is 0.794 bits per heavy atom. The van der Waals surface area contributed by atoms with Crippen molar-refractivity contribution in [3.8, 4) is 0 Å². The number of aliphatic imine (C=N–C) groups is 2. The van der Waals surface area contributed by atoms with E-state index in [-0.39, 0.29) is 59.0 Å². The van der Waals surface area contributed by atoms with Gasteiger partial charge in [0.15, 0.2) is 11.6 Å². The Kier molecular flexibility index (Phi) is 12.5. The third kappa shape index (κ3) is 10.6. The molecule has 1 atom stereocenters. The molecule has 180 valence electrons. The van der Waals surface area contributed by atoms with Crippen molar-refractivity contribution >= 4 is 23.0 Å². The first kappa shape index (κ1) is 28.8. The van der Waals surface area contributed by atoms with E-state index in [1.165, 1.54) is 12.2 Å². The van der Waals surface area contributed by atoms with Crippen LogP contribution in [-0.4, -0.2) is 45.8 Å². The van der Waals surface area contributed by atoms with Gasteiger partial charge in [-0.2, -0.15) is 0 Å². The van der Waals surface area contributed by atoms with Gasteiger partial charge in [0.05, 0.1) is 12.6 Å². The van der Waals surface area contributed by atoms with Crippen LogP contribution < -0.4 is 0 Å². The van der Waals surface area contributed by atoms with Gasteiger partial charge in [-0.05, 0) is 20.8 Å². The average molecular weight is 502 g/mol. The van der Waals surface area contributed by atoms with E-state index in [0.29, 0.717) is 29.1 Å². The number of nitrogens with zero attached hydrogens (tertiary/aromatic N) is 2. The number of allylic oxidation sites excluding steroid dienone is 4. The van der Waals surface area contributed by atoms with Gasteiger partial charge in [-0.15, -0.1) is 0 Å². The van der Waals surface area contributed by atoms with Crippen molar-refractivity contribution in [3.05, 3.63) is 95.5 Å². The molecule has 0 aromatic heterocycles. The first-order valence-corrected chi connectivity index (χ1v) is 10.8. The summed E-state index contributed by atoms with van der Waals surface area (Å²) in [4.78, 5) is 33.2. The molecular weight excluding hydrogens is 472 g/mol. The van der Waals surface area contributed by atoms with Crippen molar-refractivity contribution in [2.45, 2.75) is 39.7 Å². The van der Waals surface area contributed by atoms with E-state index < -0.39 is 0 Å². The van der Waals surface area contributed by atoms with E-state index in [9.17, 15) is 19.8 Å². The minimum Gasteiger partial charge on any atom is -0.512 e. The van der Waals surface area contributed by atoms with Crippen LogP contribution in [0.5, 0.6) is 0 Å². The zero-order valence-corrected chi connectivity index (χ0v) is 20.7. The van der Waals surface area contributed by atoms with Crippen LogP contribution in [0.25, 0.3) is 0 Å². The molecule has 0 fully saturated rings. The molecule has 2 rings (SSSR count). The van der Waals surface area contributed by atoms with Gasteiger partial charge in [-0.3, -0.25) is 19.6 Å². The Bertz CT molecular complexity index is 1070. The normalized spacial score (nSPS) is 13.7. The molecule has 0 aliphatic heterocycles. The second-order valence-electron chi connectivity index (χ2n) is 7.87. The first-order valence-electron chi connectivity index (χ1n) is 10.8. The van der Waals surface area contributed by atoms with E-state index in [1.54, 1.807) is 62.4 Å². The molecule has 0 bridgehead atoms. The fourth-order valence-corrected chi connectivity index (χ4v) is 3.11. The summed E-state index contributed by atoms with van der Waals surface area (Å²) in [7, 11) is 0. The summed E-state index contributed by atoms with van der Waals surface area (Å²) >= 11 is 0. The van der Waals surface area contributed by atoms with E-state index in [4.69, 9.17) is 0 Å². The monoisotopic (exact) mass is 502 g/mol. The number of ketones is 2. The maximum Gasteiger partial charge on any atom is 0.189 e. The molecule has 0 spiro atoms. The largest absolute Gasteiger partial charge is 0.512 e. The Morgan fingerprint density at radius 3 is 1.65 bits per heavy atom. The van der Waals surface area contributed by atoms with E-state index in [1.807, 2.05) is 19.1 Å². The Balaban J connectivity index is 0.00000578. The summed E-state index contributed by atoms with van der Waals surface area (Å²) in [6, 6.07) is 17.4. The zero-order valence-electron chi connectivity index (χ0n) is 19.6. The van der Waals surface area contributed by atoms with E-state index in [0.717, 1.165) is 0 Å². The Hall–Kier alpha value is -3.28. The third-order valence-electron chi connectivity index (χ3n) is 4.65. The molecule has 6 nitrogen and oxygen atoms in total. The number of carbonyl (C=O) groups excluding carboxylic acids is 2. The fourth-order valence-electron chi connectivity index (χ4n) is 3.11. The molecule has 0 saturated heterocycles. The minimum atomic E-state index is -0.257. The molecule has 0 aliphatic carbocycles. The second kappa shape index (κ2) is 14.8.